The third-order valence-corrected chi connectivity index (χ3v) is 12.4. The number of anilines is 3. The molecule has 0 spiro atoms. The highest BCUT2D eigenvalue weighted by molar-refractivity contribution is 7.25. The fourth-order valence-electron chi connectivity index (χ4n) is 8.95. The van der Waals surface area contributed by atoms with Crippen molar-refractivity contribution in [3.8, 4) is 22.3 Å². The standard InChI is InChI=1S/C49H39NOS/c1-48(2)30-49(3,4)43-29-45-40(28-42(43)48)38-24-22-37(27-44(38)51-45)50(36-23-25-47-41(26-36)39-12-8-9-13-46(39)52-47)35-20-18-34(19-21-35)33-16-14-32(15-17-33)31-10-6-5-7-11-31/h5-29H,30H2,1-4H3. The first kappa shape index (κ1) is 31.1. The minimum atomic E-state index is 0.120. The van der Waals surface area contributed by atoms with Crippen molar-refractivity contribution in [2.24, 2.45) is 0 Å². The average Bonchev–Trinajstić information content (AvgIpc) is 3.77. The summed E-state index contributed by atoms with van der Waals surface area (Å²) in [6.45, 7) is 9.49. The molecule has 0 radical (unpaired) electrons. The molecule has 1 aliphatic rings. The van der Waals surface area contributed by atoms with Gasteiger partial charge in [-0.15, -0.1) is 11.3 Å². The van der Waals surface area contributed by atoms with Gasteiger partial charge in [0.05, 0.1) is 0 Å². The minimum Gasteiger partial charge on any atom is -0.456 e. The Morgan fingerprint density at radius 1 is 0.442 bits per heavy atom. The van der Waals surface area contributed by atoms with Gasteiger partial charge in [0.25, 0.3) is 0 Å². The zero-order valence-corrected chi connectivity index (χ0v) is 30.7. The number of thiophene rings is 1. The number of benzene rings is 7. The Morgan fingerprint density at radius 3 is 1.71 bits per heavy atom. The largest absolute Gasteiger partial charge is 0.456 e. The molecular weight excluding hydrogens is 651 g/mol. The normalized spacial score (nSPS) is 14.8. The van der Waals surface area contributed by atoms with Crippen LogP contribution in [-0.4, -0.2) is 0 Å². The van der Waals surface area contributed by atoms with Crippen LogP contribution in [0.5, 0.6) is 0 Å². The summed E-state index contributed by atoms with van der Waals surface area (Å²) >= 11 is 1.85. The molecule has 1 aliphatic carbocycles. The van der Waals surface area contributed by atoms with Gasteiger partial charge in [0.1, 0.15) is 11.2 Å². The number of hydrogen-bond acceptors (Lipinski definition) is 3. The molecule has 2 nitrogen and oxygen atoms in total. The summed E-state index contributed by atoms with van der Waals surface area (Å²) in [6, 6.07) is 55.4. The number of rotatable bonds is 5. The average molecular weight is 690 g/mol. The molecule has 52 heavy (non-hydrogen) atoms. The predicted molar refractivity (Wildman–Crippen MR) is 223 cm³/mol. The molecule has 2 heterocycles. The molecule has 2 aromatic heterocycles. The van der Waals surface area contributed by atoms with Crippen molar-refractivity contribution in [3.63, 3.8) is 0 Å². The topological polar surface area (TPSA) is 16.4 Å². The van der Waals surface area contributed by atoms with Gasteiger partial charge in [-0.25, -0.2) is 0 Å². The second-order valence-electron chi connectivity index (χ2n) is 15.7. The van der Waals surface area contributed by atoms with E-state index in [9.17, 15) is 0 Å². The van der Waals surface area contributed by atoms with Gasteiger partial charge in [-0.05, 0) is 111 Å². The SMILES string of the molecule is CC1(C)CC(C)(C)c2cc3c(cc21)oc1cc(N(c2ccc(-c4ccc(-c5ccccc5)cc4)cc2)c2ccc4sc5ccccc5c4c2)ccc13. The Bertz CT molecular complexity index is 2800. The fourth-order valence-corrected chi connectivity index (χ4v) is 10.0. The summed E-state index contributed by atoms with van der Waals surface area (Å²) in [7, 11) is 0. The van der Waals surface area contributed by atoms with Gasteiger partial charge in [-0.3, -0.25) is 0 Å². The zero-order valence-electron chi connectivity index (χ0n) is 29.9. The van der Waals surface area contributed by atoms with E-state index in [-0.39, 0.29) is 10.8 Å². The summed E-state index contributed by atoms with van der Waals surface area (Å²) in [5, 5.41) is 4.94. The van der Waals surface area contributed by atoms with Crippen LogP contribution < -0.4 is 4.90 Å². The van der Waals surface area contributed by atoms with Crippen LogP contribution >= 0.6 is 11.3 Å². The first-order valence-corrected chi connectivity index (χ1v) is 19.0. The monoisotopic (exact) mass is 689 g/mol. The maximum absolute atomic E-state index is 6.71. The Morgan fingerprint density at radius 2 is 0.981 bits per heavy atom. The molecule has 0 bridgehead atoms. The molecular formula is C49H39NOS. The molecule has 0 aliphatic heterocycles. The van der Waals surface area contributed by atoms with Crippen LogP contribution in [0.15, 0.2) is 156 Å². The van der Waals surface area contributed by atoms with E-state index in [2.05, 4.69) is 184 Å². The molecule has 0 saturated heterocycles. The van der Waals surface area contributed by atoms with E-state index in [0.29, 0.717) is 0 Å². The lowest BCUT2D eigenvalue weighted by Crippen LogP contribution is -2.17. The number of fused-ring (bicyclic) bond motifs is 7. The van der Waals surface area contributed by atoms with Crippen molar-refractivity contribution in [1.82, 2.24) is 0 Å². The maximum Gasteiger partial charge on any atom is 0.137 e. The van der Waals surface area contributed by atoms with E-state index in [1.807, 2.05) is 11.3 Å². The molecule has 0 atom stereocenters. The predicted octanol–water partition coefficient (Wildman–Crippen LogP) is 14.7. The van der Waals surface area contributed by atoms with Crippen molar-refractivity contribution in [3.05, 3.63) is 163 Å². The van der Waals surface area contributed by atoms with Crippen molar-refractivity contribution < 1.29 is 4.42 Å². The van der Waals surface area contributed by atoms with Gasteiger partial charge in [0, 0.05) is 54.1 Å². The van der Waals surface area contributed by atoms with E-state index >= 15 is 0 Å². The van der Waals surface area contributed by atoms with Gasteiger partial charge in [-0.1, -0.05) is 113 Å². The molecule has 0 amide bonds. The minimum absolute atomic E-state index is 0.120. The van der Waals surface area contributed by atoms with Crippen LogP contribution in [0.2, 0.25) is 0 Å². The lowest BCUT2D eigenvalue weighted by atomic mass is 9.82. The van der Waals surface area contributed by atoms with Crippen molar-refractivity contribution in [2.45, 2.75) is 44.9 Å². The van der Waals surface area contributed by atoms with E-state index in [1.54, 1.807) is 0 Å². The van der Waals surface area contributed by atoms with E-state index in [1.165, 1.54) is 58.9 Å². The maximum atomic E-state index is 6.71. The lowest BCUT2D eigenvalue weighted by molar-refractivity contribution is 0.403. The van der Waals surface area contributed by atoms with E-state index < -0.39 is 0 Å². The van der Waals surface area contributed by atoms with Crippen LogP contribution in [0, 0.1) is 0 Å². The molecule has 0 unspecified atom stereocenters. The summed E-state index contributed by atoms with van der Waals surface area (Å²) in [4.78, 5) is 2.37. The molecule has 10 rings (SSSR count). The van der Waals surface area contributed by atoms with E-state index in [0.717, 1.165) is 40.0 Å². The first-order chi connectivity index (χ1) is 25.2. The summed E-state index contributed by atoms with van der Waals surface area (Å²) < 4.78 is 9.32. The Hall–Kier alpha value is -5.64. The van der Waals surface area contributed by atoms with Gasteiger partial charge < -0.3 is 9.32 Å². The summed E-state index contributed by atoms with van der Waals surface area (Å²) in [6.07, 6.45) is 1.14. The molecule has 9 aromatic rings. The number of nitrogens with zero attached hydrogens (tertiary/aromatic N) is 1. The molecule has 0 saturated carbocycles. The van der Waals surface area contributed by atoms with Crippen molar-refractivity contribution in [1.29, 1.82) is 0 Å². The van der Waals surface area contributed by atoms with E-state index in [4.69, 9.17) is 4.42 Å². The third kappa shape index (κ3) is 4.98. The first-order valence-electron chi connectivity index (χ1n) is 18.2. The molecule has 252 valence electrons. The second-order valence-corrected chi connectivity index (χ2v) is 16.8. The summed E-state index contributed by atoms with van der Waals surface area (Å²) in [5.74, 6) is 0. The van der Waals surface area contributed by atoms with Crippen LogP contribution in [0.1, 0.15) is 45.2 Å². The van der Waals surface area contributed by atoms with Gasteiger partial charge in [0.15, 0.2) is 0 Å². The zero-order chi connectivity index (χ0) is 35.2. The fraction of sp³-hybridized carbons (Fsp3) is 0.143. The molecule has 0 fully saturated rings. The van der Waals surface area contributed by atoms with Crippen LogP contribution in [-0.2, 0) is 10.8 Å². The smallest absolute Gasteiger partial charge is 0.137 e. The van der Waals surface area contributed by atoms with Crippen molar-refractivity contribution >= 4 is 70.5 Å². The van der Waals surface area contributed by atoms with Crippen LogP contribution in [0.3, 0.4) is 0 Å². The number of hydrogen-bond donors (Lipinski definition) is 0. The van der Waals surface area contributed by atoms with Gasteiger partial charge in [-0.2, -0.15) is 0 Å². The quantitative estimate of drug-likeness (QED) is 0.179. The highest BCUT2D eigenvalue weighted by atomic mass is 32.1. The van der Waals surface area contributed by atoms with Gasteiger partial charge in [0.2, 0.25) is 0 Å². The molecule has 7 aromatic carbocycles. The second kappa shape index (κ2) is 11.4. The third-order valence-electron chi connectivity index (χ3n) is 11.3. The Kier molecular flexibility index (Phi) is 6.84. The highest BCUT2D eigenvalue weighted by Gasteiger charge is 2.42. The number of furan rings is 1. The van der Waals surface area contributed by atoms with Crippen LogP contribution in [0.25, 0.3) is 64.4 Å². The lowest BCUT2D eigenvalue weighted by Gasteiger charge is -2.26. The Labute approximate surface area is 308 Å². The molecule has 3 heteroatoms. The summed E-state index contributed by atoms with van der Waals surface area (Å²) in [5.41, 5.74) is 13.1. The molecule has 0 N–H and O–H groups in total. The van der Waals surface area contributed by atoms with Gasteiger partial charge >= 0.3 is 0 Å². The van der Waals surface area contributed by atoms with Crippen LogP contribution in [0.4, 0.5) is 17.1 Å². The highest BCUT2D eigenvalue weighted by Crippen LogP contribution is 2.51. The van der Waals surface area contributed by atoms with Crippen molar-refractivity contribution in [2.75, 3.05) is 4.90 Å². The Balaban J connectivity index is 1.09.